The zero-order valence-electron chi connectivity index (χ0n) is 12.4. The van der Waals surface area contributed by atoms with Crippen LogP contribution in [0, 0.1) is 0 Å². The molecule has 0 unspecified atom stereocenters. The predicted octanol–water partition coefficient (Wildman–Crippen LogP) is 4.12. The minimum Gasteiger partial charge on any atom is -0.493 e. The van der Waals surface area contributed by atoms with Crippen molar-refractivity contribution in [1.82, 2.24) is 0 Å². The molecule has 0 heterocycles. The fourth-order valence-electron chi connectivity index (χ4n) is 1.80. The van der Waals surface area contributed by atoms with Crippen LogP contribution in [-0.4, -0.2) is 31.1 Å². The van der Waals surface area contributed by atoms with E-state index in [-0.39, 0.29) is 5.91 Å². The van der Waals surface area contributed by atoms with Gasteiger partial charge in [-0.2, -0.15) is 0 Å². The Kier molecular flexibility index (Phi) is 6.62. The summed E-state index contributed by atoms with van der Waals surface area (Å²) >= 11 is 7.37. The van der Waals surface area contributed by atoms with Crippen molar-refractivity contribution >= 4 is 35.0 Å². The number of para-hydroxylation sites is 1. The van der Waals surface area contributed by atoms with E-state index in [0.717, 1.165) is 17.2 Å². The van der Waals surface area contributed by atoms with E-state index < -0.39 is 0 Å². The van der Waals surface area contributed by atoms with Crippen molar-refractivity contribution in [3.63, 3.8) is 0 Å². The van der Waals surface area contributed by atoms with Crippen LogP contribution in [0.15, 0.2) is 54.6 Å². The highest BCUT2D eigenvalue weighted by atomic mass is 35.5. The SMILES string of the molecule is CN(C(=O)CSCCOc1ccc(Cl)cc1)c1ccccc1. The van der Waals surface area contributed by atoms with Gasteiger partial charge in [-0.15, -0.1) is 11.8 Å². The monoisotopic (exact) mass is 335 g/mol. The lowest BCUT2D eigenvalue weighted by molar-refractivity contribution is -0.115. The Labute approximate surface area is 140 Å². The van der Waals surface area contributed by atoms with Crippen LogP contribution in [-0.2, 0) is 4.79 Å². The van der Waals surface area contributed by atoms with Crippen LogP contribution in [0.3, 0.4) is 0 Å². The Morgan fingerprint density at radius 3 is 2.50 bits per heavy atom. The third kappa shape index (κ3) is 5.28. The van der Waals surface area contributed by atoms with E-state index in [2.05, 4.69) is 0 Å². The van der Waals surface area contributed by atoms with E-state index in [9.17, 15) is 4.79 Å². The van der Waals surface area contributed by atoms with Crippen molar-refractivity contribution in [2.75, 3.05) is 30.1 Å². The van der Waals surface area contributed by atoms with E-state index in [1.807, 2.05) is 42.5 Å². The van der Waals surface area contributed by atoms with Gasteiger partial charge < -0.3 is 9.64 Å². The molecule has 0 aliphatic heterocycles. The van der Waals surface area contributed by atoms with Gasteiger partial charge in [-0.25, -0.2) is 0 Å². The predicted molar refractivity (Wildman–Crippen MR) is 94.1 cm³/mol. The van der Waals surface area contributed by atoms with Gasteiger partial charge in [-0.1, -0.05) is 29.8 Å². The van der Waals surface area contributed by atoms with Crippen LogP contribution in [0.1, 0.15) is 0 Å². The van der Waals surface area contributed by atoms with Crippen molar-refractivity contribution in [1.29, 1.82) is 0 Å². The number of carbonyl (C=O) groups is 1. The maximum atomic E-state index is 12.1. The van der Waals surface area contributed by atoms with E-state index in [1.54, 1.807) is 35.8 Å². The number of thioether (sulfide) groups is 1. The van der Waals surface area contributed by atoms with Crippen LogP contribution in [0.4, 0.5) is 5.69 Å². The molecule has 22 heavy (non-hydrogen) atoms. The number of halogens is 1. The van der Waals surface area contributed by atoms with E-state index in [4.69, 9.17) is 16.3 Å². The summed E-state index contributed by atoms with van der Waals surface area (Å²) in [6.45, 7) is 0.564. The van der Waals surface area contributed by atoms with Gasteiger partial charge in [-0.05, 0) is 36.4 Å². The Hall–Kier alpha value is -1.65. The fourth-order valence-corrected chi connectivity index (χ4v) is 2.64. The second-order valence-corrected chi connectivity index (χ2v) is 6.18. The molecule has 5 heteroatoms. The molecular weight excluding hydrogens is 318 g/mol. The third-order valence-corrected chi connectivity index (χ3v) is 4.21. The molecule has 0 radical (unpaired) electrons. The Morgan fingerprint density at radius 2 is 1.82 bits per heavy atom. The van der Waals surface area contributed by atoms with Gasteiger partial charge in [0.2, 0.25) is 5.91 Å². The normalized spacial score (nSPS) is 10.3. The van der Waals surface area contributed by atoms with Crippen molar-refractivity contribution in [2.24, 2.45) is 0 Å². The summed E-state index contributed by atoms with van der Waals surface area (Å²) in [5.41, 5.74) is 0.908. The first-order valence-corrected chi connectivity index (χ1v) is 8.48. The number of ether oxygens (including phenoxy) is 1. The number of benzene rings is 2. The summed E-state index contributed by atoms with van der Waals surface area (Å²) in [4.78, 5) is 13.7. The molecule has 116 valence electrons. The Morgan fingerprint density at radius 1 is 1.14 bits per heavy atom. The Bertz CT molecular complexity index is 589. The van der Waals surface area contributed by atoms with Crippen LogP contribution in [0.25, 0.3) is 0 Å². The van der Waals surface area contributed by atoms with Crippen molar-refractivity contribution in [3.8, 4) is 5.75 Å². The summed E-state index contributed by atoms with van der Waals surface area (Å²) in [6.07, 6.45) is 0. The molecule has 0 aliphatic carbocycles. The minimum atomic E-state index is 0.0858. The molecule has 0 atom stereocenters. The molecule has 2 rings (SSSR count). The molecule has 0 bridgehead atoms. The number of carbonyl (C=O) groups excluding carboxylic acids is 1. The second-order valence-electron chi connectivity index (χ2n) is 4.64. The summed E-state index contributed by atoms with van der Waals surface area (Å²) in [5.74, 6) is 2.08. The zero-order valence-corrected chi connectivity index (χ0v) is 13.9. The molecule has 2 aromatic rings. The lowest BCUT2D eigenvalue weighted by Crippen LogP contribution is -2.28. The fraction of sp³-hybridized carbons (Fsp3) is 0.235. The lowest BCUT2D eigenvalue weighted by Gasteiger charge is -2.16. The lowest BCUT2D eigenvalue weighted by atomic mass is 10.3. The first-order valence-electron chi connectivity index (χ1n) is 6.94. The van der Waals surface area contributed by atoms with Crippen LogP contribution in [0.2, 0.25) is 5.02 Å². The van der Waals surface area contributed by atoms with Gasteiger partial charge in [0.1, 0.15) is 5.75 Å². The summed E-state index contributed by atoms with van der Waals surface area (Å²) in [7, 11) is 1.79. The average molecular weight is 336 g/mol. The van der Waals surface area contributed by atoms with E-state index in [1.165, 1.54) is 0 Å². The number of nitrogens with zero attached hydrogens (tertiary/aromatic N) is 1. The zero-order chi connectivity index (χ0) is 15.8. The smallest absolute Gasteiger partial charge is 0.236 e. The van der Waals surface area contributed by atoms with Crippen LogP contribution in [0.5, 0.6) is 5.75 Å². The molecule has 3 nitrogen and oxygen atoms in total. The highest BCUT2D eigenvalue weighted by Gasteiger charge is 2.10. The number of amides is 1. The van der Waals surface area contributed by atoms with Crippen molar-refractivity contribution in [3.05, 3.63) is 59.6 Å². The second kappa shape index (κ2) is 8.71. The van der Waals surface area contributed by atoms with E-state index in [0.29, 0.717) is 17.4 Å². The third-order valence-electron chi connectivity index (χ3n) is 3.05. The van der Waals surface area contributed by atoms with Gasteiger partial charge in [0.15, 0.2) is 0 Å². The Balaban J connectivity index is 1.66. The van der Waals surface area contributed by atoms with Gasteiger partial charge in [-0.3, -0.25) is 4.79 Å². The van der Waals surface area contributed by atoms with Crippen LogP contribution >= 0.6 is 23.4 Å². The minimum absolute atomic E-state index is 0.0858. The average Bonchev–Trinajstić information content (AvgIpc) is 2.56. The van der Waals surface area contributed by atoms with Gasteiger partial charge in [0.25, 0.3) is 0 Å². The molecule has 2 aromatic carbocycles. The molecular formula is C17H18ClNO2S. The van der Waals surface area contributed by atoms with Crippen molar-refractivity contribution < 1.29 is 9.53 Å². The van der Waals surface area contributed by atoms with Gasteiger partial charge >= 0.3 is 0 Å². The standard InChI is InChI=1S/C17H18ClNO2S/c1-19(15-5-3-2-4-6-15)17(20)13-22-12-11-21-16-9-7-14(18)8-10-16/h2-10H,11-13H2,1H3. The highest BCUT2D eigenvalue weighted by Crippen LogP contribution is 2.16. The molecule has 0 spiro atoms. The number of anilines is 1. The van der Waals surface area contributed by atoms with Gasteiger partial charge in [0.05, 0.1) is 12.4 Å². The van der Waals surface area contributed by atoms with Gasteiger partial charge in [0, 0.05) is 23.5 Å². The number of rotatable bonds is 7. The summed E-state index contributed by atoms with van der Waals surface area (Å²) in [5, 5.41) is 0.691. The molecule has 0 saturated heterocycles. The molecule has 0 aromatic heterocycles. The molecule has 0 fully saturated rings. The van der Waals surface area contributed by atoms with Crippen LogP contribution < -0.4 is 9.64 Å². The quantitative estimate of drug-likeness (QED) is 0.713. The first kappa shape index (κ1) is 16.7. The maximum Gasteiger partial charge on any atom is 0.236 e. The number of hydrogen-bond donors (Lipinski definition) is 0. The largest absolute Gasteiger partial charge is 0.493 e. The summed E-state index contributed by atoms with van der Waals surface area (Å²) < 4.78 is 5.58. The highest BCUT2D eigenvalue weighted by molar-refractivity contribution is 7.99. The van der Waals surface area contributed by atoms with Crippen molar-refractivity contribution in [2.45, 2.75) is 0 Å². The first-order chi connectivity index (χ1) is 10.7. The molecule has 0 N–H and O–H groups in total. The molecule has 0 saturated carbocycles. The molecule has 1 amide bonds. The maximum absolute atomic E-state index is 12.1. The molecule has 0 aliphatic rings. The topological polar surface area (TPSA) is 29.5 Å². The number of hydrogen-bond acceptors (Lipinski definition) is 3. The summed E-state index contributed by atoms with van der Waals surface area (Å²) in [6, 6.07) is 16.9. The van der Waals surface area contributed by atoms with E-state index >= 15 is 0 Å².